The molecule has 0 radical (unpaired) electrons. The molecule has 2 aliphatic rings. The number of carbonyl (C=O) groups excluding carboxylic acids is 1. The monoisotopic (exact) mass is 394 g/mol. The summed E-state index contributed by atoms with van der Waals surface area (Å²) >= 11 is 6.81. The van der Waals surface area contributed by atoms with E-state index in [1.165, 1.54) is 28.8 Å². The van der Waals surface area contributed by atoms with Gasteiger partial charge in [0.2, 0.25) is 0 Å². The summed E-state index contributed by atoms with van der Waals surface area (Å²) in [5.74, 6) is -0.339. The first-order valence-electron chi connectivity index (χ1n) is 8.16. The highest BCUT2D eigenvalue weighted by Gasteiger charge is 2.25. The van der Waals surface area contributed by atoms with Crippen LogP contribution in [0, 0.1) is 5.82 Å². The van der Waals surface area contributed by atoms with Crippen molar-refractivity contribution < 1.29 is 13.9 Å². The Kier molecular flexibility index (Phi) is 5.90. The third-order valence-electron chi connectivity index (χ3n) is 3.78. The van der Waals surface area contributed by atoms with Crippen LogP contribution >= 0.6 is 24.0 Å². The van der Waals surface area contributed by atoms with Crippen molar-refractivity contribution in [2.45, 2.75) is 12.8 Å². The summed E-state index contributed by atoms with van der Waals surface area (Å²) in [4.78, 5) is 18.8. The Morgan fingerprint density at radius 3 is 2.96 bits per heavy atom. The van der Waals surface area contributed by atoms with Crippen LogP contribution in [0.25, 0.3) is 6.08 Å². The number of ether oxygens (including phenoxy) is 1. The van der Waals surface area contributed by atoms with E-state index >= 15 is 0 Å². The number of thioether (sulfide) groups is 1. The Bertz CT molecular complexity index is 789. The molecule has 1 fully saturated rings. The predicted octanol–water partition coefficient (Wildman–Crippen LogP) is 3.26. The molecule has 9 heteroatoms. The van der Waals surface area contributed by atoms with Crippen molar-refractivity contribution in [1.82, 2.24) is 15.3 Å². The van der Waals surface area contributed by atoms with Crippen LogP contribution in [0.2, 0.25) is 0 Å². The molecule has 1 N–H and O–H groups in total. The summed E-state index contributed by atoms with van der Waals surface area (Å²) in [6.45, 7) is 1.79. The maximum absolute atomic E-state index is 13.6. The van der Waals surface area contributed by atoms with Crippen molar-refractivity contribution in [2.24, 2.45) is 4.99 Å². The van der Waals surface area contributed by atoms with E-state index in [9.17, 15) is 9.18 Å². The lowest BCUT2D eigenvalue weighted by molar-refractivity contribution is 0.171. The van der Waals surface area contributed by atoms with Gasteiger partial charge in [0.15, 0.2) is 5.17 Å². The number of thiocarbonyl (C=S) groups is 1. The van der Waals surface area contributed by atoms with Gasteiger partial charge in [-0.2, -0.15) is 0 Å². The zero-order valence-electron chi connectivity index (χ0n) is 14.5. The molecule has 2 aliphatic heterocycles. The second kappa shape index (κ2) is 8.15. The highest BCUT2D eigenvalue weighted by Crippen LogP contribution is 2.33. The molecule has 0 aromatic heterocycles. The Morgan fingerprint density at radius 2 is 2.27 bits per heavy atom. The molecule has 0 saturated carbocycles. The molecule has 138 valence electrons. The number of aliphatic imine (C=N–C) groups is 1. The van der Waals surface area contributed by atoms with Gasteiger partial charge >= 0.3 is 6.09 Å². The normalized spacial score (nSPS) is 18.9. The van der Waals surface area contributed by atoms with Crippen LogP contribution in [0.3, 0.4) is 0 Å². The van der Waals surface area contributed by atoms with Gasteiger partial charge in [-0.15, -0.1) is 0 Å². The molecule has 26 heavy (non-hydrogen) atoms. The topological polar surface area (TPSA) is 57.2 Å². The molecule has 1 aromatic carbocycles. The SMILES string of the molecule is CN(C)C(=O)Oc1cc(F)ccc1C=C1SC(N2CCCCN2)=NC1=S. The minimum atomic E-state index is -0.577. The fourth-order valence-corrected chi connectivity index (χ4v) is 3.65. The number of nitrogens with one attached hydrogen (secondary N) is 1. The molecule has 1 aromatic rings. The van der Waals surface area contributed by atoms with Crippen LogP contribution in [-0.2, 0) is 0 Å². The fourth-order valence-electron chi connectivity index (χ4n) is 2.41. The zero-order chi connectivity index (χ0) is 18.7. The van der Waals surface area contributed by atoms with Gasteiger partial charge in [0.1, 0.15) is 16.6 Å². The molecule has 0 atom stereocenters. The van der Waals surface area contributed by atoms with Crippen LogP contribution in [0.15, 0.2) is 28.1 Å². The molecular weight excluding hydrogens is 375 g/mol. The van der Waals surface area contributed by atoms with E-state index in [-0.39, 0.29) is 5.75 Å². The van der Waals surface area contributed by atoms with Crippen molar-refractivity contribution in [2.75, 3.05) is 27.2 Å². The zero-order valence-corrected chi connectivity index (χ0v) is 16.1. The van der Waals surface area contributed by atoms with Gasteiger partial charge in [-0.3, -0.25) is 5.01 Å². The third kappa shape index (κ3) is 4.40. The van der Waals surface area contributed by atoms with Crippen molar-refractivity contribution in [1.29, 1.82) is 0 Å². The molecule has 1 saturated heterocycles. The van der Waals surface area contributed by atoms with Crippen LogP contribution < -0.4 is 10.2 Å². The van der Waals surface area contributed by atoms with Gasteiger partial charge in [0.25, 0.3) is 0 Å². The Balaban J connectivity index is 1.81. The van der Waals surface area contributed by atoms with Gasteiger partial charge in [0, 0.05) is 38.8 Å². The summed E-state index contributed by atoms with van der Waals surface area (Å²) < 4.78 is 18.9. The molecule has 6 nitrogen and oxygen atoms in total. The predicted molar refractivity (Wildman–Crippen MR) is 106 cm³/mol. The molecule has 2 heterocycles. The van der Waals surface area contributed by atoms with Gasteiger partial charge in [-0.05, 0) is 42.8 Å². The van der Waals surface area contributed by atoms with Crippen molar-refractivity contribution >= 4 is 46.3 Å². The van der Waals surface area contributed by atoms with Crippen LogP contribution in [0.1, 0.15) is 18.4 Å². The standard InChI is InChI=1S/C17H19FN4O2S2/c1-21(2)17(23)24-13-10-12(18)6-5-11(13)9-14-15(25)20-16(26-14)22-8-4-3-7-19-22/h5-6,9-10,19H,3-4,7-8H2,1-2H3. The van der Waals surface area contributed by atoms with Crippen molar-refractivity contribution in [3.8, 4) is 5.75 Å². The Labute approximate surface area is 161 Å². The van der Waals surface area contributed by atoms with Gasteiger partial charge in [-0.1, -0.05) is 12.2 Å². The van der Waals surface area contributed by atoms with Crippen molar-refractivity contribution in [3.63, 3.8) is 0 Å². The highest BCUT2D eigenvalue weighted by atomic mass is 32.2. The number of amidine groups is 1. The molecule has 0 aliphatic carbocycles. The van der Waals surface area contributed by atoms with Gasteiger partial charge in [0.05, 0.1) is 4.91 Å². The van der Waals surface area contributed by atoms with Crippen LogP contribution in [0.4, 0.5) is 9.18 Å². The van der Waals surface area contributed by atoms with E-state index in [2.05, 4.69) is 10.4 Å². The second-order valence-electron chi connectivity index (χ2n) is 6.02. The summed E-state index contributed by atoms with van der Waals surface area (Å²) in [6.07, 6.45) is 3.43. The first kappa shape index (κ1) is 18.8. The maximum atomic E-state index is 13.6. The van der Waals surface area contributed by atoms with Gasteiger partial charge < -0.3 is 9.64 Å². The minimum Gasteiger partial charge on any atom is -0.409 e. The molecule has 0 unspecified atom stereocenters. The Hall–Kier alpha value is -1.97. The number of hydrogen-bond donors (Lipinski definition) is 1. The highest BCUT2D eigenvalue weighted by molar-refractivity contribution is 8.19. The smallest absolute Gasteiger partial charge is 0.409 e. The van der Waals surface area contributed by atoms with Crippen molar-refractivity contribution in [3.05, 3.63) is 34.5 Å². The van der Waals surface area contributed by atoms with Gasteiger partial charge in [-0.25, -0.2) is 19.6 Å². The number of halogens is 1. The van der Waals surface area contributed by atoms with Crippen LogP contribution in [0.5, 0.6) is 5.75 Å². The van der Waals surface area contributed by atoms with E-state index in [4.69, 9.17) is 17.0 Å². The number of benzene rings is 1. The number of rotatable bonds is 2. The first-order chi connectivity index (χ1) is 12.4. The quantitative estimate of drug-likeness (QED) is 0.614. The van der Waals surface area contributed by atoms with Crippen LogP contribution in [-0.4, -0.2) is 53.3 Å². The molecule has 3 rings (SSSR count). The average molecular weight is 394 g/mol. The number of hydrazine groups is 1. The number of amides is 1. The molecule has 0 spiro atoms. The minimum absolute atomic E-state index is 0.143. The lowest BCUT2D eigenvalue weighted by atomic mass is 10.2. The number of nitrogens with zero attached hydrogens (tertiary/aromatic N) is 3. The molecule has 0 bridgehead atoms. The summed E-state index contributed by atoms with van der Waals surface area (Å²) in [6, 6.07) is 4.06. The summed E-state index contributed by atoms with van der Waals surface area (Å²) in [5, 5.41) is 2.80. The summed E-state index contributed by atoms with van der Waals surface area (Å²) in [7, 11) is 3.13. The van der Waals surface area contributed by atoms with E-state index in [1.807, 2.05) is 5.01 Å². The molecular formula is C17H19FN4O2S2. The van der Waals surface area contributed by atoms with E-state index in [1.54, 1.807) is 26.2 Å². The summed E-state index contributed by atoms with van der Waals surface area (Å²) in [5.41, 5.74) is 3.86. The number of hydrogen-bond acceptors (Lipinski definition) is 6. The molecule has 1 amide bonds. The third-order valence-corrected chi connectivity index (χ3v) is 5.24. The maximum Gasteiger partial charge on any atom is 0.414 e. The largest absolute Gasteiger partial charge is 0.414 e. The second-order valence-corrected chi connectivity index (χ2v) is 7.42. The first-order valence-corrected chi connectivity index (χ1v) is 9.39. The van der Waals surface area contributed by atoms with E-state index in [0.717, 1.165) is 36.0 Å². The lowest BCUT2D eigenvalue weighted by Gasteiger charge is -2.28. The number of carbonyl (C=O) groups is 1. The fraction of sp³-hybridized carbons (Fsp3) is 0.353. The lowest BCUT2D eigenvalue weighted by Crippen LogP contribution is -2.45. The Morgan fingerprint density at radius 1 is 1.46 bits per heavy atom. The average Bonchev–Trinajstić information content (AvgIpc) is 2.98. The van der Waals surface area contributed by atoms with E-state index in [0.29, 0.717) is 10.6 Å². The van der Waals surface area contributed by atoms with E-state index < -0.39 is 11.9 Å².